The number of ether oxygens (including phenoxy) is 1. The molecule has 2 amide bonds. The number of aromatic nitrogens is 2. The molecule has 132 valence electrons. The highest BCUT2D eigenvalue weighted by atomic mass is 16.5. The zero-order valence-electron chi connectivity index (χ0n) is 14.5. The molecule has 1 fully saturated rings. The molecule has 1 atom stereocenters. The maximum atomic E-state index is 12.5. The lowest BCUT2D eigenvalue weighted by molar-refractivity contribution is -0.156. The molecule has 2 aromatic rings. The fourth-order valence-corrected chi connectivity index (χ4v) is 2.93. The molecule has 3 rings (SSSR count). The molecule has 25 heavy (non-hydrogen) atoms. The van der Waals surface area contributed by atoms with Gasteiger partial charge in [-0.25, -0.2) is 4.68 Å². The van der Waals surface area contributed by atoms with E-state index in [2.05, 4.69) is 5.10 Å². The van der Waals surface area contributed by atoms with E-state index in [0.29, 0.717) is 19.7 Å². The summed E-state index contributed by atoms with van der Waals surface area (Å²) in [5.74, 6) is -0.0795. The largest absolute Gasteiger partial charge is 0.383 e. The number of hydrogen-bond acceptors (Lipinski definition) is 4. The number of benzene rings is 1. The first-order valence-electron chi connectivity index (χ1n) is 8.26. The van der Waals surface area contributed by atoms with Crippen LogP contribution in [-0.4, -0.2) is 64.2 Å². The molecular weight excluding hydrogens is 320 g/mol. The van der Waals surface area contributed by atoms with Gasteiger partial charge in [-0.3, -0.25) is 9.59 Å². The zero-order chi connectivity index (χ0) is 17.8. The minimum Gasteiger partial charge on any atom is -0.383 e. The maximum absolute atomic E-state index is 12.5. The number of piperazine rings is 1. The van der Waals surface area contributed by atoms with Crippen LogP contribution in [0.3, 0.4) is 0 Å². The van der Waals surface area contributed by atoms with E-state index in [-0.39, 0.29) is 18.4 Å². The van der Waals surface area contributed by atoms with Crippen LogP contribution in [0.5, 0.6) is 0 Å². The molecule has 2 heterocycles. The van der Waals surface area contributed by atoms with Crippen LogP contribution in [-0.2, 0) is 20.9 Å². The van der Waals surface area contributed by atoms with Gasteiger partial charge in [-0.05, 0) is 30.7 Å². The van der Waals surface area contributed by atoms with Gasteiger partial charge in [0, 0.05) is 32.6 Å². The minimum absolute atomic E-state index is 0.0372. The van der Waals surface area contributed by atoms with Crippen molar-refractivity contribution in [2.75, 3.05) is 26.8 Å². The Labute approximate surface area is 146 Å². The van der Waals surface area contributed by atoms with Gasteiger partial charge >= 0.3 is 0 Å². The van der Waals surface area contributed by atoms with Gasteiger partial charge < -0.3 is 14.5 Å². The predicted molar refractivity (Wildman–Crippen MR) is 92.0 cm³/mol. The summed E-state index contributed by atoms with van der Waals surface area (Å²) in [5, 5.41) is 4.19. The monoisotopic (exact) mass is 342 g/mol. The summed E-state index contributed by atoms with van der Waals surface area (Å²) in [6.07, 6.45) is 3.60. The summed E-state index contributed by atoms with van der Waals surface area (Å²) in [4.78, 5) is 28.1. The molecule has 0 radical (unpaired) electrons. The first kappa shape index (κ1) is 17.2. The number of methoxy groups -OCH3 is 1. The Bertz CT molecular complexity index is 727. The van der Waals surface area contributed by atoms with Crippen molar-refractivity contribution < 1.29 is 14.3 Å². The average molecular weight is 342 g/mol. The fourth-order valence-electron chi connectivity index (χ4n) is 2.93. The van der Waals surface area contributed by atoms with Crippen LogP contribution in [0.4, 0.5) is 0 Å². The summed E-state index contributed by atoms with van der Waals surface area (Å²) in [6.45, 7) is 3.18. The lowest BCUT2D eigenvalue weighted by Gasteiger charge is -2.38. The molecule has 1 aromatic carbocycles. The van der Waals surface area contributed by atoms with Crippen molar-refractivity contribution in [2.45, 2.75) is 19.5 Å². The van der Waals surface area contributed by atoms with Crippen molar-refractivity contribution in [3.8, 4) is 5.69 Å². The predicted octanol–water partition coefficient (Wildman–Crippen LogP) is 1.08. The average Bonchev–Trinajstić information content (AvgIpc) is 3.16. The third-order valence-electron chi connectivity index (χ3n) is 4.41. The molecular formula is C18H22N4O3. The van der Waals surface area contributed by atoms with Gasteiger partial charge in [0.2, 0.25) is 11.8 Å². The van der Waals surface area contributed by atoms with E-state index in [1.807, 2.05) is 36.5 Å². The summed E-state index contributed by atoms with van der Waals surface area (Å²) < 4.78 is 6.78. The van der Waals surface area contributed by atoms with Crippen molar-refractivity contribution in [3.05, 3.63) is 48.3 Å². The van der Waals surface area contributed by atoms with Crippen LogP contribution in [0.15, 0.2) is 42.7 Å². The number of carbonyl (C=O) groups is 2. The van der Waals surface area contributed by atoms with E-state index in [1.165, 1.54) is 0 Å². The first-order chi connectivity index (χ1) is 12.1. The van der Waals surface area contributed by atoms with Crippen LogP contribution < -0.4 is 0 Å². The third-order valence-corrected chi connectivity index (χ3v) is 4.41. The van der Waals surface area contributed by atoms with Gasteiger partial charge in [0.15, 0.2) is 0 Å². The van der Waals surface area contributed by atoms with E-state index in [9.17, 15) is 9.59 Å². The van der Waals surface area contributed by atoms with Gasteiger partial charge in [-0.15, -0.1) is 0 Å². The fraction of sp³-hybridized carbons (Fsp3) is 0.389. The molecule has 1 saturated heterocycles. The van der Waals surface area contributed by atoms with Gasteiger partial charge in [0.25, 0.3) is 0 Å². The van der Waals surface area contributed by atoms with Gasteiger partial charge in [-0.1, -0.05) is 12.1 Å². The Morgan fingerprint density at radius 2 is 2.00 bits per heavy atom. The SMILES string of the molecule is COCCN1CC(=O)N(Cc2ccc(-n3cccn3)cc2)[C@@H](C)C1=O. The van der Waals surface area contributed by atoms with Gasteiger partial charge in [-0.2, -0.15) is 5.10 Å². The topological polar surface area (TPSA) is 67.7 Å². The van der Waals surface area contributed by atoms with Gasteiger partial charge in [0.05, 0.1) is 18.8 Å². The Balaban J connectivity index is 1.68. The molecule has 0 unspecified atom stereocenters. The van der Waals surface area contributed by atoms with Crippen LogP contribution in [0.2, 0.25) is 0 Å². The Morgan fingerprint density at radius 1 is 1.24 bits per heavy atom. The minimum atomic E-state index is -0.469. The van der Waals surface area contributed by atoms with E-state index in [1.54, 1.807) is 34.7 Å². The van der Waals surface area contributed by atoms with E-state index < -0.39 is 6.04 Å². The molecule has 1 aromatic heterocycles. The Kier molecular flexibility index (Phi) is 5.14. The second kappa shape index (κ2) is 7.48. The molecule has 0 spiro atoms. The quantitative estimate of drug-likeness (QED) is 0.788. The number of nitrogens with zero attached hydrogens (tertiary/aromatic N) is 4. The van der Waals surface area contributed by atoms with Crippen molar-refractivity contribution >= 4 is 11.8 Å². The molecule has 0 N–H and O–H groups in total. The third kappa shape index (κ3) is 3.71. The van der Waals surface area contributed by atoms with Crippen molar-refractivity contribution in [1.82, 2.24) is 19.6 Å². The molecule has 1 aliphatic rings. The molecule has 7 heteroatoms. The standard InChI is InChI=1S/C18H22N4O3/c1-14-18(24)20(10-11-25-2)13-17(23)21(14)12-15-4-6-16(7-5-15)22-9-3-8-19-22/h3-9,14H,10-13H2,1-2H3/t14-/m0/s1. The van der Waals surface area contributed by atoms with Crippen LogP contribution in [0.1, 0.15) is 12.5 Å². The molecule has 0 bridgehead atoms. The highest BCUT2D eigenvalue weighted by molar-refractivity contribution is 5.94. The summed E-state index contributed by atoms with van der Waals surface area (Å²) >= 11 is 0. The highest BCUT2D eigenvalue weighted by Crippen LogP contribution is 2.17. The van der Waals surface area contributed by atoms with Gasteiger partial charge in [0.1, 0.15) is 6.04 Å². The summed E-state index contributed by atoms with van der Waals surface area (Å²) in [6, 6.07) is 9.21. The lowest BCUT2D eigenvalue weighted by Crippen LogP contribution is -2.58. The first-order valence-corrected chi connectivity index (χ1v) is 8.26. The van der Waals surface area contributed by atoms with E-state index in [4.69, 9.17) is 4.74 Å². The Hall–Kier alpha value is -2.67. The zero-order valence-corrected chi connectivity index (χ0v) is 14.5. The second-order valence-corrected chi connectivity index (χ2v) is 6.07. The highest BCUT2D eigenvalue weighted by Gasteiger charge is 2.36. The summed E-state index contributed by atoms with van der Waals surface area (Å²) in [5.41, 5.74) is 1.93. The van der Waals surface area contributed by atoms with Crippen molar-refractivity contribution in [3.63, 3.8) is 0 Å². The number of hydrogen-bond donors (Lipinski definition) is 0. The molecule has 1 aliphatic heterocycles. The van der Waals surface area contributed by atoms with Crippen LogP contribution >= 0.6 is 0 Å². The van der Waals surface area contributed by atoms with Crippen molar-refractivity contribution in [1.29, 1.82) is 0 Å². The van der Waals surface area contributed by atoms with Crippen molar-refractivity contribution in [2.24, 2.45) is 0 Å². The Morgan fingerprint density at radius 3 is 2.64 bits per heavy atom. The summed E-state index contributed by atoms with van der Waals surface area (Å²) in [7, 11) is 1.58. The van der Waals surface area contributed by atoms with E-state index >= 15 is 0 Å². The number of amides is 2. The second-order valence-electron chi connectivity index (χ2n) is 6.07. The van der Waals surface area contributed by atoms with E-state index in [0.717, 1.165) is 11.3 Å². The number of carbonyl (C=O) groups excluding carboxylic acids is 2. The number of rotatable bonds is 6. The lowest BCUT2D eigenvalue weighted by atomic mass is 10.1. The molecule has 7 nitrogen and oxygen atoms in total. The maximum Gasteiger partial charge on any atom is 0.245 e. The molecule has 0 saturated carbocycles. The molecule has 0 aliphatic carbocycles. The van der Waals surface area contributed by atoms with Crippen LogP contribution in [0, 0.1) is 0 Å². The van der Waals surface area contributed by atoms with Crippen LogP contribution in [0.25, 0.3) is 5.69 Å². The smallest absolute Gasteiger partial charge is 0.245 e. The normalized spacial score (nSPS) is 18.1.